The maximum absolute atomic E-state index is 12.7. The van der Waals surface area contributed by atoms with E-state index < -0.39 is 10.2 Å². The van der Waals surface area contributed by atoms with Crippen molar-refractivity contribution in [3.8, 4) is 0 Å². The van der Waals surface area contributed by atoms with E-state index >= 15 is 0 Å². The van der Waals surface area contributed by atoms with E-state index in [4.69, 9.17) is 0 Å². The van der Waals surface area contributed by atoms with Gasteiger partial charge >= 0.3 is 10.2 Å². The van der Waals surface area contributed by atoms with Crippen molar-refractivity contribution in [1.29, 1.82) is 0 Å². The summed E-state index contributed by atoms with van der Waals surface area (Å²) in [6.45, 7) is 5.08. The Morgan fingerprint density at radius 3 is 2.52 bits per heavy atom. The maximum atomic E-state index is 12.7. The molecule has 0 amide bonds. The van der Waals surface area contributed by atoms with E-state index in [1.165, 1.54) is 15.6 Å². The van der Waals surface area contributed by atoms with Gasteiger partial charge in [-0.2, -0.15) is 13.1 Å². The van der Waals surface area contributed by atoms with E-state index in [2.05, 4.69) is 27.6 Å². The summed E-state index contributed by atoms with van der Waals surface area (Å²) in [6, 6.07) is 7.96. The number of hydrogen-bond acceptors (Lipinski definition) is 3. The zero-order valence-corrected chi connectivity index (χ0v) is 16.7. The van der Waals surface area contributed by atoms with Crippen LogP contribution in [0.3, 0.4) is 0 Å². The van der Waals surface area contributed by atoms with Crippen molar-refractivity contribution in [3.63, 3.8) is 0 Å². The van der Waals surface area contributed by atoms with Crippen LogP contribution in [0.15, 0.2) is 28.7 Å². The van der Waals surface area contributed by atoms with Crippen molar-refractivity contribution in [2.45, 2.75) is 39.5 Å². The summed E-state index contributed by atoms with van der Waals surface area (Å²) in [4.78, 5) is 0. The van der Waals surface area contributed by atoms with Gasteiger partial charge in [0.1, 0.15) is 5.00 Å². The highest BCUT2D eigenvalue weighted by atomic mass is 79.9. The summed E-state index contributed by atoms with van der Waals surface area (Å²) in [6.07, 6.45) is 3.58. The Bertz CT molecular complexity index is 744. The molecule has 0 spiro atoms. The quantitative estimate of drug-likeness (QED) is 0.588. The van der Waals surface area contributed by atoms with Crippen LogP contribution in [0.4, 0.5) is 5.00 Å². The Morgan fingerprint density at radius 2 is 1.87 bits per heavy atom. The van der Waals surface area contributed by atoms with Gasteiger partial charge in [-0.1, -0.05) is 44.9 Å². The summed E-state index contributed by atoms with van der Waals surface area (Å²) < 4.78 is 31.7. The van der Waals surface area contributed by atoms with Gasteiger partial charge in [0.15, 0.2) is 0 Å². The van der Waals surface area contributed by atoms with Crippen LogP contribution in [0.2, 0.25) is 0 Å². The first-order valence-electron chi connectivity index (χ1n) is 7.95. The molecule has 2 rings (SSSR count). The summed E-state index contributed by atoms with van der Waals surface area (Å²) in [7, 11) is -3.53. The molecule has 0 radical (unpaired) electrons. The topological polar surface area (TPSA) is 49.4 Å². The van der Waals surface area contributed by atoms with Crippen LogP contribution in [0.1, 0.15) is 39.5 Å². The van der Waals surface area contributed by atoms with Gasteiger partial charge in [-0.15, -0.1) is 11.3 Å². The molecule has 7 heteroatoms. The zero-order valence-electron chi connectivity index (χ0n) is 13.5. The molecule has 4 nitrogen and oxygen atoms in total. The lowest BCUT2D eigenvalue weighted by Gasteiger charge is -2.23. The first-order chi connectivity index (χ1) is 11.0. The lowest BCUT2D eigenvalue weighted by molar-refractivity contribution is 0.571. The molecule has 2 aromatic rings. The van der Waals surface area contributed by atoms with Crippen molar-refractivity contribution >= 4 is 52.6 Å². The lowest BCUT2D eigenvalue weighted by Crippen LogP contribution is -2.41. The Kier molecular flexibility index (Phi) is 6.88. The molecule has 0 saturated heterocycles. The maximum Gasteiger partial charge on any atom is 0.302 e. The standard InChI is InChI=1S/C16H23BrN2O2S2/c1-3-5-11-18-23(20,21)19(12-6-4-2)16-15(17)13-9-7-8-10-14(13)22-16/h7-10,18H,3-6,11-12H2,1-2H3. The van der Waals surface area contributed by atoms with Crippen LogP contribution in [-0.2, 0) is 10.2 Å². The van der Waals surface area contributed by atoms with Crippen LogP contribution in [-0.4, -0.2) is 21.5 Å². The summed E-state index contributed by atoms with van der Waals surface area (Å²) >= 11 is 5.10. The first kappa shape index (κ1) is 18.7. The Morgan fingerprint density at radius 1 is 1.17 bits per heavy atom. The van der Waals surface area contributed by atoms with Gasteiger partial charge in [0.25, 0.3) is 0 Å². The molecule has 23 heavy (non-hydrogen) atoms. The van der Waals surface area contributed by atoms with Crippen LogP contribution < -0.4 is 9.03 Å². The minimum Gasteiger partial charge on any atom is -0.247 e. The smallest absolute Gasteiger partial charge is 0.247 e. The fourth-order valence-corrected chi connectivity index (χ4v) is 5.97. The molecule has 0 unspecified atom stereocenters. The second kappa shape index (κ2) is 8.46. The minimum absolute atomic E-state index is 0.476. The highest BCUT2D eigenvalue weighted by Gasteiger charge is 2.26. The van der Waals surface area contributed by atoms with Crippen molar-refractivity contribution in [2.24, 2.45) is 0 Å². The monoisotopic (exact) mass is 418 g/mol. The molecule has 0 atom stereocenters. The van der Waals surface area contributed by atoms with Crippen molar-refractivity contribution in [3.05, 3.63) is 28.7 Å². The van der Waals surface area contributed by atoms with E-state index in [0.717, 1.165) is 45.2 Å². The number of fused-ring (bicyclic) bond motifs is 1. The third kappa shape index (κ3) is 4.47. The zero-order chi connectivity index (χ0) is 16.9. The molecule has 0 saturated carbocycles. The molecule has 1 aromatic carbocycles. The fraction of sp³-hybridized carbons (Fsp3) is 0.500. The van der Waals surface area contributed by atoms with Gasteiger partial charge in [0.2, 0.25) is 0 Å². The van der Waals surface area contributed by atoms with Crippen molar-refractivity contribution < 1.29 is 8.42 Å². The largest absolute Gasteiger partial charge is 0.302 e. The molecule has 1 heterocycles. The van der Waals surface area contributed by atoms with Gasteiger partial charge in [0, 0.05) is 23.2 Å². The van der Waals surface area contributed by atoms with E-state index in [9.17, 15) is 8.42 Å². The number of hydrogen-bond donors (Lipinski definition) is 1. The van der Waals surface area contributed by atoms with Crippen LogP contribution in [0, 0.1) is 0 Å². The SMILES string of the molecule is CCCCNS(=O)(=O)N(CCCC)c1sc2ccccc2c1Br. The van der Waals surface area contributed by atoms with Gasteiger partial charge in [-0.05, 0) is 34.8 Å². The third-order valence-corrected chi connectivity index (χ3v) is 7.45. The molecular weight excluding hydrogens is 396 g/mol. The average molecular weight is 419 g/mol. The summed E-state index contributed by atoms with van der Waals surface area (Å²) in [5.41, 5.74) is 0. The molecular formula is C16H23BrN2O2S2. The van der Waals surface area contributed by atoms with E-state index in [-0.39, 0.29) is 0 Å². The number of rotatable bonds is 9. The molecule has 0 bridgehead atoms. The van der Waals surface area contributed by atoms with Crippen LogP contribution in [0.25, 0.3) is 10.1 Å². The molecule has 0 fully saturated rings. The normalized spacial score (nSPS) is 12.0. The Hall–Kier alpha value is -0.630. The Balaban J connectivity index is 2.38. The van der Waals surface area contributed by atoms with Crippen LogP contribution >= 0.6 is 27.3 Å². The number of benzene rings is 1. The molecule has 1 aromatic heterocycles. The van der Waals surface area contributed by atoms with E-state index in [0.29, 0.717) is 13.1 Å². The van der Waals surface area contributed by atoms with Gasteiger partial charge in [0.05, 0.1) is 4.47 Å². The number of anilines is 1. The highest BCUT2D eigenvalue weighted by Crippen LogP contribution is 2.42. The highest BCUT2D eigenvalue weighted by molar-refractivity contribution is 9.10. The van der Waals surface area contributed by atoms with Crippen molar-refractivity contribution in [1.82, 2.24) is 4.72 Å². The van der Waals surface area contributed by atoms with Gasteiger partial charge in [-0.3, -0.25) is 0 Å². The molecule has 0 aliphatic rings. The number of nitrogens with zero attached hydrogens (tertiary/aromatic N) is 1. The number of nitrogens with one attached hydrogen (secondary N) is 1. The summed E-state index contributed by atoms with van der Waals surface area (Å²) in [5, 5.41) is 1.81. The minimum atomic E-state index is -3.53. The molecule has 0 aliphatic carbocycles. The first-order valence-corrected chi connectivity index (χ1v) is 11.0. The predicted octanol–water partition coefficient (Wildman–Crippen LogP) is 4.90. The Labute approximate surface area is 151 Å². The second-order valence-corrected chi connectivity index (χ2v) is 8.90. The van der Waals surface area contributed by atoms with E-state index in [1.54, 1.807) is 0 Å². The van der Waals surface area contributed by atoms with Gasteiger partial charge in [-0.25, -0.2) is 4.31 Å². The average Bonchev–Trinajstić information content (AvgIpc) is 2.85. The summed E-state index contributed by atoms with van der Waals surface area (Å²) in [5.74, 6) is 0. The molecule has 1 N–H and O–H groups in total. The third-order valence-electron chi connectivity index (χ3n) is 3.56. The number of thiophene rings is 1. The number of unbranched alkanes of at least 4 members (excludes halogenated alkanes) is 2. The van der Waals surface area contributed by atoms with E-state index in [1.807, 2.05) is 31.2 Å². The van der Waals surface area contributed by atoms with Gasteiger partial charge < -0.3 is 0 Å². The lowest BCUT2D eigenvalue weighted by atomic mass is 10.3. The van der Waals surface area contributed by atoms with Crippen LogP contribution in [0.5, 0.6) is 0 Å². The second-order valence-electron chi connectivity index (χ2n) is 5.40. The molecule has 0 aliphatic heterocycles. The number of halogens is 1. The van der Waals surface area contributed by atoms with Crippen molar-refractivity contribution in [2.75, 3.05) is 17.4 Å². The predicted molar refractivity (Wildman–Crippen MR) is 104 cm³/mol. The fourth-order valence-electron chi connectivity index (χ4n) is 2.25. The molecule has 128 valence electrons.